The Morgan fingerprint density at radius 2 is 2.24 bits per heavy atom. The van der Waals surface area contributed by atoms with Crippen molar-refractivity contribution in [2.24, 2.45) is 0 Å². The number of aryl methyl sites for hydroxylation is 1. The number of rotatable bonds is 5. The molecule has 0 bridgehead atoms. The van der Waals surface area contributed by atoms with Gasteiger partial charge in [0.2, 0.25) is 11.8 Å². The molecule has 17 heavy (non-hydrogen) atoms. The van der Waals surface area contributed by atoms with Crippen LogP contribution in [0.3, 0.4) is 0 Å². The number of nitrogens with zero attached hydrogens (tertiary/aromatic N) is 2. The number of carbonyl (C=O) groups is 1. The molecule has 0 saturated heterocycles. The Bertz CT molecular complexity index is 395. The summed E-state index contributed by atoms with van der Waals surface area (Å²) in [5.74, 6) is 1.59. The van der Waals surface area contributed by atoms with Gasteiger partial charge in [0.25, 0.3) is 0 Å². The van der Waals surface area contributed by atoms with E-state index in [4.69, 9.17) is 4.74 Å². The summed E-state index contributed by atoms with van der Waals surface area (Å²) < 4.78 is 5.30. The SMILES string of the molecule is CCOc1cc(NC(C)C(=O)NC)nc(C)n1. The number of hydrogen-bond donors (Lipinski definition) is 2. The highest BCUT2D eigenvalue weighted by Crippen LogP contribution is 2.14. The fourth-order valence-corrected chi connectivity index (χ4v) is 1.34. The van der Waals surface area contributed by atoms with Gasteiger partial charge in [-0.1, -0.05) is 0 Å². The van der Waals surface area contributed by atoms with Gasteiger partial charge < -0.3 is 15.4 Å². The first-order valence-corrected chi connectivity index (χ1v) is 5.53. The summed E-state index contributed by atoms with van der Waals surface area (Å²) in [6.45, 7) is 5.97. The molecule has 1 heterocycles. The first kappa shape index (κ1) is 13.2. The minimum Gasteiger partial charge on any atom is -0.478 e. The van der Waals surface area contributed by atoms with Gasteiger partial charge in [-0.15, -0.1) is 0 Å². The smallest absolute Gasteiger partial charge is 0.241 e. The molecule has 1 unspecified atom stereocenters. The number of aromatic nitrogens is 2. The van der Waals surface area contributed by atoms with Gasteiger partial charge in [0.15, 0.2) is 0 Å². The van der Waals surface area contributed by atoms with Crippen molar-refractivity contribution in [2.75, 3.05) is 19.0 Å². The van der Waals surface area contributed by atoms with E-state index in [1.54, 1.807) is 27.0 Å². The number of amides is 1. The van der Waals surface area contributed by atoms with Crippen LogP contribution in [0.2, 0.25) is 0 Å². The Morgan fingerprint density at radius 1 is 1.53 bits per heavy atom. The highest BCUT2D eigenvalue weighted by molar-refractivity contribution is 5.83. The summed E-state index contributed by atoms with van der Waals surface area (Å²) in [6.07, 6.45) is 0. The molecule has 0 radical (unpaired) electrons. The molecule has 1 aromatic heterocycles. The molecule has 1 atom stereocenters. The molecule has 1 rings (SSSR count). The normalized spacial score (nSPS) is 11.8. The Balaban J connectivity index is 2.80. The van der Waals surface area contributed by atoms with E-state index >= 15 is 0 Å². The third kappa shape index (κ3) is 3.90. The summed E-state index contributed by atoms with van der Waals surface area (Å²) in [7, 11) is 1.59. The zero-order valence-corrected chi connectivity index (χ0v) is 10.6. The Labute approximate surface area is 101 Å². The zero-order chi connectivity index (χ0) is 12.8. The second-order valence-electron chi connectivity index (χ2n) is 3.55. The highest BCUT2D eigenvalue weighted by atomic mass is 16.5. The standard InChI is InChI=1S/C11H18N4O2/c1-5-17-10-6-9(14-8(3)15-10)13-7(2)11(16)12-4/h6-7H,5H2,1-4H3,(H,12,16)(H,13,14,15). The van der Waals surface area contributed by atoms with Crippen LogP contribution in [0.15, 0.2) is 6.07 Å². The second kappa shape index (κ2) is 6.03. The molecule has 6 nitrogen and oxygen atoms in total. The lowest BCUT2D eigenvalue weighted by Gasteiger charge is -2.13. The number of carbonyl (C=O) groups excluding carboxylic acids is 1. The number of hydrogen-bond acceptors (Lipinski definition) is 5. The van der Waals surface area contributed by atoms with E-state index in [0.29, 0.717) is 24.1 Å². The molecular formula is C11H18N4O2. The van der Waals surface area contributed by atoms with E-state index in [-0.39, 0.29) is 11.9 Å². The van der Waals surface area contributed by atoms with Gasteiger partial charge in [0, 0.05) is 13.1 Å². The van der Waals surface area contributed by atoms with Crippen LogP contribution >= 0.6 is 0 Å². The van der Waals surface area contributed by atoms with Crippen LogP contribution in [0.5, 0.6) is 5.88 Å². The lowest BCUT2D eigenvalue weighted by Crippen LogP contribution is -2.35. The molecular weight excluding hydrogens is 220 g/mol. The minimum absolute atomic E-state index is 0.0979. The van der Waals surface area contributed by atoms with Gasteiger partial charge in [0.05, 0.1) is 6.61 Å². The first-order valence-electron chi connectivity index (χ1n) is 5.53. The largest absolute Gasteiger partial charge is 0.478 e. The molecule has 0 aromatic carbocycles. The van der Waals surface area contributed by atoms with Crippen molar-refractivity contribution in [2.45, 2.75) is 26.8 Å². The topological polar surface area (TPSA) is 76.1 Å². The molecule has 1 amide bonds. The molecule has 0 fully saturated rings. The van der Waals surface area contributed by atoms with E-state index in [9.17, 15) is 4.79 Å². The first-order chi connectivity index (χ1) is 8.06. The second-order valence-corrected chi connectivity index (χ2v) is 3.55. The van der Waals surface area contributed by atoms with E-state index in [1.807, 2.05) is 6.92 Å². The number of ether oxygens (including phenoxy) is 1. The molecule has 0 aliphatic rings. The van der Waals surface area contributed by atoms with Crippen LogP contribution in [0.4, 0.5) is 5.82 Å². The molecule has 0 aliphatic carbocycles. The molecule has 2 N–H and O–H groups in total. The lowest BCUT2D eigenvalue weighted by atomic mass is 10.3. The van der Waals surface area contributed by atoms with Crippen molar-refractivity contribution >= 4 is 11.7 Å². The van der Waals surface area contributed by atoms with Crippen LogP contribution in [-0.2, 0) is 4.79 Å². The van der Waals surface area contributed by atoms with Crippen molar-refractivity contribution in [3.05, 3.63) is 11.9 Å². The predicted molar refractivity (Wildman–Crippen MR) is 65.1 cm³/mol. The Kier molecular flexibility index (Phi) is 4.68. The summed E-state index contributed by atoms with van der Waals surface area (Å²) in [4.78, 5) is 19.7. The van der Waals surface area contributed by atoms with Crippen LogP contribution < -0.4 is 15.4 Å². The van der Waals surface area contributed by atoms with Gasteiger partial charge in [-0.05, 0) is 20.8 Å². The number of nitrogens with one attached hydrogen (secondary N) is 2. The van der Waals surface area contributed by atoms with Crippen molar-refractivity contribution < 1.29 is 9.53 Å². The van der Waals surface area contributed by atoms with Crippen molar-refractivity contribution in [3.63, 3.8) is 0 Å². The molecule has 0 aliphatic heterocycles. The lowest BCUT2D eigenvalue weighted by molar-refractivity contribution is -0.121. The van der Waals surface area contributed by atoms with Gasteiger partial charge in [-0.25, -0.2) is 4.98 Å². The molecule has 0 saturated carbocycles. The third-order valence-electron chi connectivity index (χ3n) is 2.11. The maximum atomic E-state index is 11.4. The average Bonchev–Trinajstić information content (AvgIpc) is 2.27. The van der Waals surface area contributed by atoms with Crippen LogP contribution in [0, 0.1) is 6.92 Å². The Hall–Kier alpha value is -1.85. The minimum atomic E-state index is -0.358. The van der Waals surface area contributed by atoms with Crippen molar-refractivity contribution in [3.8, 4) is 5.88 Å². The highest BCUT2D eigenvalue weighted by Gasteiger charge is 2.12. The van der Waals surface area contributed by atoms with Crippen LogP contribution in [0.1, 0.15) is 19.7 Å². The third-order valence-corrected chi connectivity index (χ3v) is 2.11. The molecule has 94 valence electrons. The molecule has 6 heteroatoms. The van der Waals surface area contributed by atoms with Gasteiger partial charge >= 0.3 is 0 Å². The Morgan fingerprint density at radius 3 is 2.82 bits per heavy atom. The fraction of sp³-hybridized carbons (Fsp3) is 0.545. The maximum Gasteiger partial charge on any atom is 0.241 e. The number of likely N-dealkylation sites (N-methyl/N-ethyl adjacent to an activating group) is 1. The fourth-order valence-electron chi connectivity index (χ4n) is 1.34. The van der Waals surface area contributed by atoms with Gasteiger partial charge in [0.1, 0.15) is 17.7 Å². The monoisotopic (exact) mass is 238 g/mol. The van der Waals surface area contributed by atoms with Crippen LogP contribution in [-0.4, -0.2) is 35.6 Å². The number of anilines is 1. The van der Waals surface area contributed by atoms with Crippen molar-refractivity contribution in [1.29, 1.82) is 0 Å². The van der Waals surface area contributed by atoms with Gasteiger partial charge in [-0.2, -0.15) is 4.98 Å². The predicted octanol–water partition coefficient (Wildman–Crippen LogP) is 0.730. The summed E-state index contributed by atoms with van der Waals surface area (Å²) in [5, 5.41) is 5.55. The molecule has 1 aromatic rings. The molecule has 0 spiro atoms. The van der Waals surface area contributed by atoms with E-state index < -0.39 is 0 Å². The average molecular weight is 238 g/mol. The van der Waals surface area contributed by atoms with E-state index in [1.165, 1.54) is 0 Å². The summed E-state index contributed by atoms with van der Waals surface area (Å²) in [6, 6.07) is 1.32. The van der Waals surface area contributed by atoms with Gasteiger partial charge in [-0.3, -0.25) is 4.79 Å². The van der Waals surface area contributed by atoms with E-state index in [0.717, 1.165) is 0 Å². The summed E-state index contributed by atoms with van der Waals surface area (Å²) >= 11 is 0. The summed E-state index contributed by atoms with van der Waals surface area (Å²) in [5.41, 5.74) is 0. The van der Waals surface area contributed by atoms with Crippen LogP contribution in [0.25, 0.3) is 0 Å². The van der Waals surface area contributed by atoms with E-state index in [2.05, 4.69) is 20.6 Å². The quantitative estimate of drug-likeness (QED) is 0.791. The maximum absolute atomic E-state index is 11.4. The van der Waals surface area contributed by atoms with Crippen molar-refractivity contribution in [1.82, 2.24) is 15.3 Å². The zero-order valence-electron chi connectivity index (χ0n) is 10.6.